The summed E-state index contributed by atoms with van der Waals surface area (Å²) < 4.78 is 28.8. The molecule has 1 atom stereocenters. The van der Waals surface area contributed by atoms with Crippen LogP contribution in [0.1, 0.15) is 30.5 Å². The van der Waals surface area contributed by atoms with E-state index < -0.39 is 13.0 Å². The molecular weight excluding hydrogens is 238 g/mol. The Morgan fingerprint density at radius 1 is 1.39 bits per heavy atom. The summed E-state index contributed by atoms with van der Waals surface area (Å²) in [5, 5.41) is 3.31. The van der Waals surface area contributed by atoms with Crippen LogP contribution in [0, 0.1) is 6.92 Å². The quantitative estimate of drug-likeness (QED) is 0.728. The van der Waals surface area contributed by atoms with E-state index in [2.05, 4.69) is 10.3 Å². The molecule has 0 aliphatic carbocycles. The third-order valence-corrected chi connectivity index (χ3v) is 2.54. The Bertz CT molecular complexity index is 348. The van der Waals surface area contributed by atoms with Crippen molar-refractivity contribution in [2.45, 2.75) is 32.7 Å². The molecule has 0 aromatic carbocycles. The molecule has 0 saturated carbocycles. The Kier molecular flexibility index (Phi) is 6.75. The average molecular weight is 258 g/mol. The number of alkyl halides is 2. The number of halogens is 2. The second kappa shape index (κ2) is 8.11. The Morgan fingerprint density at radius 3 is 2.78 bits per heavy atom. The fraction of sp³-hybridized carbons (Fsp3) is 0.615. The standard InChI is InChI=1S/C13H20F2N2O/c1-3-17-12(4-5-18-9-13(14)15)11-6-10(2)7-16-8-11/h6-8,12-13,17H,3-5,9H2,1-2H3. The van der Waals surface area contributed by atoms with Crippen molar-refractivity contribution in [3.63, 3.8) is 0 Å². The van der Waals surface area contributed by atoms with E-state index in [1.165, 1.54) is 0 Å². The first kappa shape index (κ1) is 15.0. The van der Waals surface area contributed by atoms with Gasteiger partial charge in [0.25, 0.3) is 6.43 Å². The van der Waals surface area contributed by atoms with E-state index in [4.69, 9.17) is 4.74 Å². The van der Waals surface area contributed by atoms with E-state index in [0.717, 1.165) is 17.7 Å². The van der Waals surface area contributed by atoms with Gasteiger partial charge in [-0.15, -0.1) is 0 Å². The van der Waals surface area contributed by atoms with Gasteiger partial charge in [0.2, 0.25) is 0 Å². The number of rotatable bonds is 8. The number of hydrogen-bond acceptors (Lipinski definition) is 3. The van der Waals surface area contributed by atoms with Crippen molar-refractivity contribution in [3.05, 3.63) is 29.6 Å². The third kappa shape index (κ3) is 5.51. The Labute approximate surface area is 107 Å². The number of hydrogen-bond donors (Lipinski definition) is 1. The van der Waals surface area contributed by atoms with Crippen molar-refractivity contribution in [2.24, 2.45) is 0 Å². The highest BCUT2D eigenvalue weighted by Gasteiger charge is 2.11. The number of aryl methyl sites for hydroxylation is 1. The van der Waals surface area contributed by atoms with E-state index >= 15 is 0 Å². The van der Waals surface area contributed by atoms with Crippen molar-refractivity contribution in [1.29, 1.82) is 0 Å². The molecule has 0 saturated heterocycles. The molecular formula is C13H20F2N2O. The summed E-state index contributed by atoms with van der Waals surface area (Å²) in [6.07, 6.45) is 1.85. The van der Waals surface area contributed by atoms with E-state index in [9.17, 15) is 8.78 Å². The van der Waals surface area contributed by atoms with Gasteiger partial charge in [-0.1, -0.05) is 13.0 Å². The number of aromatic nitrogens is 1. The molecule has 1 heterocycles. The first-order valence-electron chi connectivity index (χ1n) is 6.14. The molecule has 5 heteroatoms. The van der Waals surface area contributed by atoms with Crippen molar-refractivity contribution in [1.82, 2.24) is 10.3 Å². The van der Waals surface area contributed by atoms with Crippen LogP contribution in [-0.2, 0) is 4.74 Å². The molecule has 0 spiro atoms. The molecule has 0 aliphatic rings. The average Bonchev–Trinajstić information content (AvgIpc) is 2.33. The van der Waals surface area contributed by atoms with Gasteiger partial charge < -0.3 is 10.1 Å². The van der Waals surface area contributed by atoms with Gasteiger partial charge in [0.15, 0.2) is 0 Å². The monoisotopic (exact) mass is 258 g/mol. The van der Waals surface area contributed by atoms with Crippen molar-refractivity contribution in [2.75, 3.05) is 19.8 Å². The number of nitrogens with one attached hydrogen (secondary N) is 1. The van der Waals surface area contributed by atoms with E-state index in [1.807, 2.05) is 19.9 Å². The van der Waals surface area contributed by atoms with Gasteiger partial charge in [0.05, 0.1) is 0 Å². The van der Waals surface area contributed by atoms with Crippen LogP contribution >= 0.6 is 0 Å². The lowest BCUT2D eigenvalue weighted by atomic mass is 10.0. The molecule has 1 N–H and O–H groups in total. The SMILES string of the molecule is CCNC(CCOCC(F)F)c1cncc(C)c1. The minimum Gasteiger partial charge on any atom is -0.375 e. The normalized spacial score (nSPS) is 12.9. The van der Waals surface area contributed by atoms with E-state index in [1.54, 1.807) is 12.4 Å². The number of pyridine rings is 1. The van der Waals surface area contributed by atoms with Gasteiger partial charge >= 0.3 is 0 Å². The topological polar surface area (TPSA) is 34.1 Å². The molecule has 1 unspecified atom stereocenters. The molecule has 3 nitrogen and oxygen atoms in total. The zero-order valence-corrected chi connectivity index (χ0v) is 10.8. The maximum absolute atomic E-state index is 11.9. The van der Waals surface area contributed by atoms with Crippen LogP contribution in [0.3, 0.4) is 0 Å². The second-order valence-electron chi connectivity index (χ2n) is 4.16. The zero-order chi connectivity index (χ0) is 13.4. The summed E-state index contributed by atoms with van der Waals surface area (Å²) in [6.45, 7) is 4.62. The van der Waals surface area contributed by atoms with Gasteiger partial charge in [-0.3, -0.25) is 4.98 Å². The minimum absolute atomic E-state index is 0.0973. The van der Waals surface area contributed by atoms with Gasteiger partial charge in [-0.2, -0.15) is 0 Å². The van der Waals surface area contributed by atoms with Crippen LogP contribution in [0.5, 0.6) is 0 Å². The highest BCUT2D eigenvalue weighted by Crippen LogP contribution is 2.17. The fourth-order valence-electron chi connectivity index (χ4n) is 1.78. The minimum atomic E-state index is -2.40. The smallest absolute Gasteiger partial charge is 0.261 e. The lowest BCUT2D eigenvalue weighted by Crippen LogP contribution is -2.23. The summed E-state index contributed by atoms with van der Waals surface area (Å²) in [5.74, 6) is 0. The van der Waals surface area contributed by atoms with Gasteiger partial charge in [-0.25, -0.2) is 8.78 Å². The Morgan fingerprint density at radius 2 is 2.17 bits per heavy atom. The molecule has 0 aliphatic heterocycles. The van der Waals surface area contributed by atoms with Gasteiger partial charge in [0.1, 0.15) is 6.61 Å². The maximum Gasteiger partial charge on any atom is 0.261 e. The first-order chi connectivity index (χ1) is 8.63. The second-order valence-corrected chi connectivity index (χ2v) is 4.16. The molecule has 18 heavy (non-hydrogen) atoms. The van der Waals surface area contributed by atoms with E-state index in [0.29, 0.717) is 13.0 Å². The molecule has 102 valence electrons. The van der Waals surface area contributed by atoms with Crippen LogP contribution in [0.4, 0.5) is 8.78 Å². The van der Waals surface area contributed by atoms with Crippen molar-refractivity contribution >= 4 is 0 Å². The maximum atomic E-state index is 11.9. The predicted octanol–water partition coefficient (Wildman–Crippen LogP) is 2.71. The molecule has 1 aromatic heterocycles. The molecule has 1 rings (SSSR count). The first-order valence-corrected chi connectivity index (χ1v) is 6.14. The highest BCUT2D eigenvalue weighted by atomic mass is 19.3. The van der Waals surface area contributed by atoms with Gasteiger partial charge in [-0.05, 0) is 31.0 Å². The third-order valence-electron chi connectivity index (χ3n) is 2.54. The van der Waals surface area contributed by atoms with Crippen molar-refractivity contribution in [3.8, 4) is 0 Å². The molecule has 0 fully saturated rings. The molecule has 1 aromatic rings. The highest BCUT2D eigenvalue weighted by molar-refractivity contribution is 5.20. The molecule has 0 bridgehead atoms. The summed E-state index contributed by atoms with van der Waals surface area (Å²) in [6, 6.07) is 2.15. The van der Waals surface area contributed by atoms with Crippen LogP contribution in [0.15, 0.2) is 18.5 Å². The summed E-state index contributed by atoms with van der Waals surface area (Å²) >= 11 is 0. The van der Waals surface area contributed by atoms with Crippen LogP contribution in [0.2, 0.25) is 0 Å². The molecule has 0 radical (unpaired) electrons. The van der Waals surface area contributed by atoms with Crippen LogP contribution in [-0.4, -0.2) is 31.2 Å². The Hall–Kier alpha value is -1.07. The van der Waals surface area contributed by atoms with Crippen molar-refractivity contribution < 1.29 is 13.5 Å². The number of nitrogens with zero attached hydrogens (tertiary/aromatic N) is 1. The van der Waals surface area contributed by atoms with Crippen LogP contribution < -0.4 is 5.32 Å². The van der Waals surface area contributed by atoms with Crippen LogP contribution in [0.25, 0.3) is 0 Å². The molecule has 0 amide bonds. The summed E-state index contributed by atoms with van der Waals surface area (Å²) in [5.41, 5.74) is 2.15. The van der Waals surface area contributed by atoms with Gasteiger partial charge in [0, 0.05) is 25.0 Å². The lowest BCUT2D eigenvalue weighted by molar-refractivity contribution is 0.0144. The lowest BCUT2D eigenvalue weighted by Gasteiger charge is -2.18. The summed E-state index contributed by atoms with van der Waals surface area (Å²) in [7, 11) is 0. The largest absolute Gasteiger partial charge is 0.375 e. The number of ether oxygens (including phenoxy) is 1. The predicted molar refractivity (Wildman–Crippen MR) is 66.8 cm³/mol. The van der Waals surface area contributed by atoms with E-state index in [-0.39, 0.29) is 6.04 Å². The fourth-order valence-corrected chi connectivity index (χ4v) is 1.78. The zero-order valence-electron chi connectivity index (χ0n) is 10.8. The Balaban J connectivity index is 2.49. The summed E-state index contributed by atoms with van der Waals surface area (Å²) in [4.78, 5) is 4.14.